The molecular formula is C16H24BrNO. The van der Waals surface area contributed by atoms with Crippen molar-refractivity contribution in [2.75, 3.05) is 6.54 Å². The molecule has 0 heterocycles. The molecule has 2 unspecified atom stereocenters. The summed E-state index contributed by atoms with van der Waals surface area (Å²) in [6, 6.07) is 6.90. The molecule has 0 radical (unpaired) electrons. The molecule has 0 aliphatic heterocycles. The SMILES string of the molecule is CC(C)CC(C)(O)CNC1CCc2cc(Br)ccc21. The number of aliphatic hydroxyl groups is 1. The lowest BCUT2D eigenvalue weighted by molar-refractivity contribution is 0.0359. The van der Waals surface area contributed by atoms with Gasteiger partial charge in [0, 0.05) is 17.1 Å². The van der Waals surface area contributed by atoms with Crippen LogP contribution in [0.25, 0.3) is 0 Å². The molecule has 3 heteroatoms. The lowest BCUT2D eigenvalue weighted by Crippen LogP contribution is -2.40. The van der Waals surface area contributed by atoms with E-state index in [1.807, 2.05) is 6.92 Å². The van der Waals surface area contributed by atoms with Gasteiger partial charge in [0.2, 0.25) is 0 Å². The third-order valence-corrected chi connectivity index (χ3v) is 4.25. The first-order valence-electron chi connectivity index (χ1n) is 7.11. The largest absolute Gasteiger partial charge is 0.389 e. The zero-order valence-corrected chi connectivity index (χ0v) is 13.6. The molecule has 1 aliphatic rings. The summed E-state index contributed by atoms with van der Waals surface area (Å²) in [5.41, 5.74) is 2.20. The maximum Gasteiger partial charge on any atom is 0.0746 e. The number of nitrogens with one attached hydrogen (secondary N) is 1. The van der Waals surface area contributed by atoms with E-state index < -0.39 is 5.60 Å². The van der Waals surface area contributed by atoms with E-state index in [-0.39, 0.29) is 0 Å². The Hall–Kier alpha value is -0.380. The smallest absolute Gasteiger partial charge is 0.0746 e. The van der Waals surface area contributed by atoms with E-state index in [1.54, 1.807) is 0 Å². The van der Waals surface area contributed by atoms with Gasteiger partial charge in [0.25, 0.3) is 0 Å². The summed E-state index contributed by atoms with van der Waals surface area (Å²) in [5, 5.41) is 13.9. The molecule has 0 fully saturated rings. The van der Waals surface area contributed by atoms with Crippen LogP contribution in [0.15, 0.2) is 22.7 Å². The third-order valence-electron chi connectivity index (χ3n) is 3.76. The van der Waals surface area contributed by atoms with Gasteiger partial charge in [0.15, 0.2) is 0 Å². The van der Waals surface area contributed by atoms with Crippen LogP contribution < -0.4 is 5.32 Å². The first kappa shape index (κ1) is 15.0. The predicted molar refractivity (Wildman–Crippen MR) is 83.3 cm³/mol. The van der Waals surface area contributed by atoms with E-state index in [2.05, 4.69) is 53.3 Å². The number of halogens is 1. The number of fused-ring (bicyclic) bond motifs is 1. The number of benzene rings is 1. The molecule has 106 valence electrons. The highest BCUT2D eigenvalue weighted by molar-refractivity contribution is 9.10. The van der Waals surface area contributed by atoms with E-state index >= 15 is 0 Å². The predicted octanol–water partition coefficient (Wildman–Crippen LogP) is 3.82. The van der Waals surface area contributed by atoms with Crippen LogP contribution in [0.4, 0.5) is 0 Å². The number of hydrogen-bond donors (Lipinski definition) is 2. The molecule has 0 saturated carbocycles. The van der Waals surface area contributed by atoms with Gasteiger partial charge < -0.3 is 10.4 Å². The van der Waals surface area contributed by atoms with E-state index in [0.717, 1.165) is 23.7 Å². The van der Waals surface area contributed by atoms with Crippen molar-refractivity contribution in [3.05, 3.63) is 33.8 Å². The topological polar surface area (TPSA) is 32.3 Å². The molecular weight excluding hydrogens is 302 g/mol. The van der Waals surface area contributed by atoms with Crippen molar-refractivity contribution in [3.63, 3.8) is 0 Å². The van der Waals surface area contributed by atoms with Gasteiger partial charge in [-0.25, -0.2) is 0 Å². The van der Waals surface area contributed by atoms with Gasteiger partial charge >= 0.3 is 0 Å². The molecule has 0 amide bonds. The summed E-state index contributed by atoms with van der Waals surface area (Å²) in [5.74, 6) is 0.517. The Morgan fingerprint density at radius 1 is 1.47 bits per heavy atom. The normalized spacial score (nSPS) is 21.5. The van der Waals surface area contributed by atoms with E-state index in [4.69, 9.17) is 0 Å². The summed E-state index contributed by atoms with van der Waals surface area (Å²) in [7, 11) is 0. The lowest BCUT2D eigenvalue weighted by atomic mass is 9.94. The minimum absolute atomic E-state index is 0.390. The minimum Gasteiger partial charge on any atom is -0.389 e. The van der Waals surface area contributed by atoms with E-state index in [9.17, 15) is 5.11 Å². The summed E-state index contributed by atoms with van der Waals surface area (Å²) < 4.78 is 1.15. The highest BCUT2D eigenvalue weighted by Crippen LogP contribution is 2.33. The Morgan fingerprint density at radius 2 is 2.21 bits per heavy atom. The molecule has 19 heavy (non-hydrogen) atoms. The number of aryl methyl sites for hydroxylation is 1. The Morgan fingerprint density at radius 3 is 2.89 bits per heavy atom. The Labute approximate surface area is 124 Å². The average molecular weight is 326 g/mol. The van der Waals surface area contributed by atoms with Gasteiger partial charge in [-0.1, -0.05) is 35.8 Å². The molecule has 0 saturated heterocycles. The van der Waals surface area contributed by atoms with Gasteiger partial charge in [-0.15, -0.1) is 0 Å². The van der Waals surface area contributed by atoms with Crippen LogP contribution in [0.1, 0.15) is 50.8 Å². The second-order valence-corrected chi connectivity index (χ2v) is 7.33. The van der Waals surface area contributed by atoms with Crippen molar-refractivity contribution in [1.29, 1.82) is 0 Å². The second kappa shape index (κ2) is 5.94. The molecule has 0 bridgehead atoms. The van der Waals surface area contributed by atoms with Crippen molar-refractivity contribution < 1.29 is 5.11 Å². The quantitative estimate of drug-likeness (QED) is 0.862. The maximum atomic E-state index is 10.4. The van der Waals surface area contributed by atoms with Crippen molar-refractivity contribution in [3.8, 4) is 0 Å². The van der Waals surface area contributed by atoms with Crippen LogP contribution in [0.3, 0.4) is 0 Å². The second-order valence-electron chi connectivity index (χ2n) is 6.41. The standard InChI is InChI=1S/C16H24BrNO/c1-11(2)9-16(3,19)10-18-15-7-4-12-8-13(17)5-6-14(12)15/h5-6,8,11,15,18-19H,4,7,9-10H2,1-3H3. The highest BCUT2D eigenvalue weighted by Gasteiger charge is 2.26. The maximum absolute atomic E-state index is 10.4. The first-order chi connectivity index (χ1) is 8.87. The summed E-state index contributed by atoms with van der Waals surface area (Å²) in [4.78, 5) is 0. The summed E-state index contributed by atoms with van der Waals surface area (Å²) >= 11 is 3.52. The van der Waals surface area contributed by atoms with E-state index in [1.165, 1.54) is 11.1 Å². The van der Waals surface area contributed by atoms with Crippen LogP contribution in [0, 0.1) is 5.92 Å². The van der Waals surface area contributed by atoms with Crippen molar-refractivity contribution in [2.24, 2.45) is 5.92 Å². The van der Waals surface area contributed by atoms with Crippen LogP contribution >= 0.6 is 15.9 Å². The van der Waals surface area contributed by atoms with Crippen LogP contribution in [-0.2, 0) is 6.42 Å². The van der Waals surface area contributed by atoms with Gasteiger partial charge in [0.05, 0.1) is 5.60 Å². The Balaban J connectivity index is 1.96. The third kappa shape index (κ3) is 4.04. The molecule has 2 N–H and O–H groups in total. The fourth-order valence-corrected chi connectivity index (χ4v) is 3.50. The molecule has 1 aliphatic carbocycles. The molecule has 2 nitrogen and oxygen atoms in total. The molecule has 1 aromatic rings. The Bertz CT molecular complexity index is 442. The van der Waals surface area contributed by atoms with Crippen molar-refractivity contribution in [2.45, 2.75) is 51.7 Å². The number of hydrogen-bond acceptors (Lipinski definition) is 2. The van der Waals surface area contributed by atoms with Gasteiger partial charge in [0.1, 0.15) is 0 Å². The highest BCUT2D eigenvalue weighted by atomic mass is 79.9. The molecule has 0 spiro atoms. The van der Waals surface area contributed by atoms with Crippen LogP contribution in [0.5, 0.6) is 0 Å². The van der Waals surface area contributed by atoms with Crippen molar-refractivity contribution >= 4 is 15.9 Å². The van der Waals surface area contributed by atoms with Gasteiger partial charge in [-0.2, -0.15) is 0 Å². The zero-order valence-electron chi connectivity index (χ0n) is 12.0. The summed E-state index contributed by atoms with van der Waals surface area (Å²) in [6.45, 7) is 6.89. The number of rotatable bonds is 5. The average Bonchev–Trinajstić information content (AvgIpc) is 2.67. The van der Waals surface area contributed by atoms with Gasteiger partial charge in [-0.3, -0.25) is 0 Å². The molecule has 0 aromatic heterocycles. The Kier molecular flexibility index (Phi) is 4.70. The molecule has 2 rings (SSSR count). The zero-order chi connectivity index (χ0) is 14.0. The van der Waals surface area contributed by atoms with Crippen molar-refractivity contribution in [1.82, 2.24) is 5.32 Å². The van der Waals surface area contributed by atoms with E-state index in [0.29, 0.717) is 18.5 Å². The van der Waals surface area contributed by atoms with Gasteiger partial charge in [-0.05, 0) is 55.4 Å². The monoisotopic (exact) mass is 325 g/mol. The van der Waals surface area contributed by atoms with Crippen LogP contribution in [-0.4, -0.2) is 17.3 Å². The van der Waals surface area contributed by atoms with Crippen LogP contribution in [0.2, 0.25) is 0 Å². The fourth-order valence-electron chi connectivity index (χ4n) is 3.09. The molecule has 2 atom stereocenters. The summed E-state index contributed by atoms with van der Waals surface area (Å²) in [6.07, 6.45) is 3.09. The minimum atomic E-state index is -0.619. The lowest BCUT2D eigenvalue weighted by Gasteiger charge is -2.27. The first-order valence-corrected chi connectivity index (χ1v) is 7.91. The molecule has 1 aromatic carbocycles. The fraction of sp³-hybridized carbons (Fsp3) is 0.625.